The molecule has 5 nitrogen and oxygen atoms in total. The number of amides is 1. The summed E-state index contributed by atoms with van der Waals surface area (Å²) >= 11 is 0. The smallest absolute Gasteiger partial charge is 0.408 e. The number of ether oxygens (including phenoxy) is 2. The van der Waals surface area contributed by atoms with E-state index in [4.69, 9.17) is 9.47 Å². The van der Waals surface area contributed by atoms with Gasteiger partial charge < -0.3 is 14.8 Å². The first-order valence-corrected chi connectivity index (χ1v) is 10.9. The number of alkyl carbamates (subject to hydrolysis) is 1. The molecule has 1 atom stereocenters. The molecule has 0 saturated carbocycles. The van der Waals surface area contributed by atoms with Crippen LogP contribution in [-0.2, 0) is 14.3 Å². The standard InChI is InChI=1S/C18H27NO4Si/c1-18(2,3)23-17(21)19-15(16(20)22-4)12-13-24(5,6)14-10-8-7-9-11-14/h7-13,15H,1-6H3,(H,19,21)/b13-12+/t15-/m1/s1. The molecule has 0 bridgehead atoms. The Bertz CT molecular complexity index is 591. The van der Waals surface area contributed by atoms with Gasteiger partial charge in [-0.2, -0.15) is 0 Å². The highest BCUT2D eigenvalue weighted by molar-refractivity contribution is 6.93. The summed E-state index contributed by atoms with van der Waals surface area (Å²) < 4.78 is 9.97. The minimum atomic E-state index is -1.88. The predicted molar refractivity (Wildman–Crippen MR) is 97.9 cm³/mol. The van der Waals surface area contributed by atoms with Crippen molar-refractivity contribution in [3.63, 3.8) is 0 Å². The zero-order chi connectivity index (χ0) is 18.4. The van der Waals surface area contributed by atoms with Crippen molar-refractivity contribution in [2.24, 2.45) is 0 Å². The van der Waals surface area contributed by atoms with Gasteiger partial charge in [-0.1, -0.05) is 60.4 Å². The van der Waals surface area contributed by atoms with Crippen LogP contribution in [0.4, 0.5) is 4.79 Å². The van der Waals surface area contributed by atoms with Crippen LogP contribution in [0.3, 0.4) is 0 Å². The Labute approximate surface area is 145 Å². The maximum absolute atomic E-state index is 11.9. The van der Waals surface area contributed by atoms with Gasteiger partial charge in [-0.15, -0.1) is 0 Å². The molecular weight excluding hydrogens is 322 g/mol. The quantitative estimate of drug-likeness (QED) is 0.656. The molecule has 0 aromatic heterocycles. The maximum atomic E-state index is 11.9. The number of benzene rings is 1. The third-order valence-electron chi connectivity index (χ3n) is 3.35. The fourth-order valence-corrected chi connectivity index (χ4v) is 3.97. The highest BCUT2D eigenvalue weighted by Gasteiger charge is 2.25. The van der Waals surface area contributed by atoms with E-state index in [1.165, 1.54) is 12.3 Å². The maximum Gasteiger partial charge on any atom is 0.408 e. The van der Waals surface area contributed by atoms with Crippen LogP contribution >= 0.6 is 0 Å². The average Bonchev–Trinajstić information content (AvgIpc) is 2.49. The monoisotopic (exact) mass is 349 g/mol. The Balaban J connectivity index is 2.90. The number of esters is 1. The van der Waals surface area contributed by atoms with Gasteiger partial charge >= 0.3 is 12.1 Å². The van der Waals surface area contributed by atoms with E-state index in [-0.39, 0.29) is 0 Å². The molecule has 0 spiro atoms. The van der Waals surface area contributed by atoms with Crippen LogP contribution in [0.5, 0.6) is 0 Å². The Morgan fingerprint density at radius 1 is 1.17 bits per heavy atom. The van der Waals surface area contributed by atoms with Gasteiger partial charge in [0.15, 0.2) is 0 Å². The van der Waals surface area contributed by atoms with E-state index < -0.39 is 31.8 Å². The number of rotatable bonds is 5. The Morgan fingerprint density at radius 3 is 2.25 bits per heavy atom. The summed E-state index contributed by atoms with van der Waals surface area (Å²) in [6, 6.07) is 9.23. The summed E-state index contributed by atoms with van der Waals surface area (Å²) in [6.45, 7) is 9.63. The van der Waals surface area contributed by atoms with E-state index in [1.54, 1.807) is 26.8 Å². The Morgan fingerprint density at radius 2 is 1.75 bits per heavy atom. The molecule has 132 valence electrons. The summed E-state index contributed by atoms with van der Waals surface area (Å²) in [7, 11) is -0.588. The first kappa shape index (κ1) is 20.0. The fraction of sp³-hybridized carbons (Fsp3) is 0.444. The van der Waals surface area contributed by atoms with Crippen molar-refractivity contribution in [3.05, 3.63) is 42.1 Å². The van der Waals surface area contributed by atoms with Gasteiger partial charge in [0, 0.05) is 0 Å². The molecule has 0 fully saturated rings. The van der Waals surface area contributed by atoms with Gasteiger partial charge in [-0.3, -0.25) is 0 Å². The molecule has 1 amide bonds. The molecule has 1 N–H and O–H groups in total. The first-order chi connectivity index (χ1) is 11.0. The summed E-state index contributed by atoms with van der Waals surface area (Å²) in [5.41, 5.74) is 1.38. The van der Waals surface area contributed by atoms with Crippen molar-refractivity contribution in [2.75, 3.05) is 7.11 Å². The van der Waals surface area contributed by atoms with E-state index in [9.17, 15) is 9.59 Å². The number of nitrogens with one attached hydrogen (secondary N) is 1. The molecule has 0 aliphatic heterocycles. The lowest BCUT2D eigenvalue weighted by Crippen LogP contribution is -2.44. The molecule has 0 aliphatic rings. The number of carbonyl (C=O) groups excluding carboxylic acids is 2. The van der Waals surface area contributed by atoms with Gasteiger partial charge in [-0.25, -0.2) is 9.59 Å². The zero-order valence-corrected chi connectivity index (χ0v) is 16.3. The van der Waals surface area contributed by atoms with Crippen molar-refractivity contribution in [3.8, 4) is 0 Å². The van der Waals surface area contributed by atoms with Crippen LogP contribution in [0.2, 0.25) is 13.1 Å². The van der Waals surface area contributed by atoms with Crippen LogP contribution in [-0.4, -0.2) is 38.9 Å². The van der Waals surface area contributed by atoms with E-state index in [0.717, 1.165) is 0 Å². The average molecular weight is 350 g/mol. The Kier molecular flexibility index (Phi) is 6.77. The molecule has 1 aromatic carbocycles. The highest BCUT2D eigenvalue weighted by Crippen LogP contribution is 2.09. The van der Waals surface area contributed by atoms with Crippen molar-refractivity contribution < 1.29 is 19.1 Å². The van der Waals surface area contributed by atoms with Crippen molar-refractivity contribution in [1.82, 2.24) is 5.32 Å². The number of carbonyl (C=O) groups is 2. The third kappa shape index (κ3) is 6.58. The molecule has 0 radical (unpaired) electrons. The van der Waals surface area contributed by atoms with Crippen LogP contribution in [0.15, 0.2) is 42.1 Å². The molecule has 0 aliphatic carbocycles. The van der Waals surface area contributed by atoms with Crippen LogP contribution in [0.1, 0.15) is 20.8 Å². The minimum Gasteiger partial charge on any atom is -0.467 e. The van der Waals surface area contributed by atoms with E-state index >= 15 is 0 Å². The second-order valence-corrected chi connectivity index (χ2v) is 11.4. The lowest BCUT2D eigenvalue weighted by atomic mass is 10.2. The topological polar surface area (TPSA) is 64.6 Å². The largest absolute Gasteiger partial charge is 0.467 e. The summed E-state index contributed by atoms with van der Waals surface area (Å²) in [5, 5.41) is 3.79. The van der Waals surface area contributed by atoms with E-state index in [0.29, 0.717) is 0 Å². The fourth-order valence-electron chi connectivity index (χ4n) is 2.05. The van der Waals surface area contributed by atoms with E-state index in [2.05, 4.69) is 30.5 Å². The lowest BCUT2D eigenvalue weighted by molar-refractivity contribution is -0.141. The number of hydrogen-bond acceptors (Lipinski definition) is 4. The third-order valence-corrected chi connectivity index (χ3v) is 6.20. The molecule has 0 saturated heterocycles. The van der Waals surface area contributed by atoms with E-state index in [1.807, 2.05) is 23.9 Å². The van der Waals surface area contributed by atoms with Gasteiger partial charge in [-0.05, 0) is 20.8 Å². The van der Waals surface area contributed by atoms with Gasteiger partial charge in [0.1, 0.15) is 19.7 Å². The number of hydrogen-bond donors (Lipinski definition) is 1. The molecular formula is C18H27NO4Si. The molecule has 6 heteroatoms. The highest BCUT2D eigenvalue weighted by atomic mass is 28.3. The second kappa shape index (κ2) is 8.15. The molecule has 0 unspecified atom stereocenters. The normalized spacial score (nSPS) is 13.4. The molecule has 1 rings (SSSR count). The van der Waals surface area contributed by atoms with Gasteiger partial charge in [0.25, 0.3) is 0 Å². The number of methoxy groups -OCH3 is 1. The summed E-state index contributed by atoms with van der Waals surface area (Å²) in [5.74, 6) is -0.532. The van der Waals surface area contributed by atoms with Crippen LogP contribution < -0.4 is 10.5 Å². The lowest BCUT2D eigenvalue weighted by Gasteiger charge is -2.22. The summed E-state index contributed by atoms with van der Waals surface area (Å²) in [4.78, 5) is 23.9. The SMILES string of the molecule is COC(=O)[C@@H](/C=C/[Si](C)(C)c1ccccc1)NC(=O)OC(C)(C)C. The van der Waals surface area contributed by atoms with Crippen molar-refractivity contribution >= 4 is 25.3 Å². The van der Waals surface area contributed by atoms with Crippen LogP contribution in [0.25, 0.3) is 0 Å². The zero-order valence-electron chi connectivity index (χ0n) is 15.3. The van der Waals surface area contributed by atoms with Crippen molar-refractivity contribution in [1.29, 1.82) is 0 Å². The molecule has 24 heavy (non-hydrogen) atoms. The Hall–Kier alpha value is -2.08. The van der Waals surface area contributed by atoms with Gasteiger partial charge in [0.2, 0.25) is 0 Å². The molecule has 0 heterocycles. The molecule has 1 aromatic rings. The minimum absolute atomic E-state index is 0.532. The summed E-state index contributed by atoms with van der Waals surface area (Å²) in [6.07, 6.45) is 1.04. The van der Waals surface area contributed by atoms with Crippen molar-refractivity contribution in [2.45, 2.75) is 45.5 Å². The second-order valence-electron chi connectivity index (χ2n) is 7.09. The van der Waals surface area contributed by atoms with Gasteiger partial charge in [0.05, 0.1) is 7.11 Å². The predicted octanol–water partition coefficient (Wildman–Crippen LogP) is 2.76. The van der Waals surface area contributed by atoms with Crippen LogP contribution in [0, 0.1) is 0 Å². The first-order valence-electron chi connectivity index (χ1n) is 7.87.